The molecule has 0 atom stereocenters. The average Bonchev–Trinajstić information content (AvgIpc) is 2.85. The molecule has 0 aliphatic rings. The van der Waals surface area contributed by atoms with Crippen LogP contribution in [0.1, 0.15) is 21.5 Å². The van der Waals surface area contributed by atoms with Crippen LogP contribution in [0.2, 0.25) is 0 Å². The summed E-state index contributed by atoms with van der Waals surface area (Å²) in [6.07, 6.45) is 3.95. The molecular weight excluding hydrogens is 454 g/mol. The number of anilines is 2. The van der Waals surface area contributed by atoms with Crippen molar-refractivity contribution in [1.82, 2.24) is 19.9 Å². The number of amides is 1. The fourth-order valence-corrected chi connectivity index (χ4v) is 3.48. The second-order valence-electron chi connectivity index (χ2n) is 7.54. The molecule has 0 unspecified atom stereocenters. The summed E-state index contributed by atoms with van der Waals surface area (Å²) in [6, 6.07) is 8.78. The van der Waals surface area contributed by atoms with E-state index in [1.807, 2.05) is 12.1 Å². The van der Waals surface area contributed by atoms with Gasteiger partial charge in [-0.05, 0) is 35.9 Å². The zero-order valence-electron chi connectivity index (χ0n) is 18.6. The van der Waals surface area contributed by atoms with Crippen molar-refractivity contribution >= 4 is 28.2 Å². The number of benzene rings is 2. The van der Waals surface area contributed by atoms with E-state index in [1.165, 1.54) is 12.4 Å². The lowest BCUT2D eigenvalue weighted by Gasteiger charge is -2.08. The molecule has 0 spiro atoms. The van der Waals surface area contributed by atoms with Crippen LogP contribution in [0.4, 0.5) is 20.2 Å². The second kappa shape index (κ2) is 10.0. The van der Waals surface area contributed by atoms with Crippen molar-refractivity contribution in [2.75, 3.05) is 24.6 Å². The first-order valence-electron chi connectivity index (χ1n) is 10.5. The van der Waals surface area contributed by atoms with Gasteiger partial charge in [-0.1, -0.05) is 17.9 Å². The number of nitrogens with zero attached hydrogens (tertiary/aromatic N) is 3. The van der Waals surface area contributed by atoms with Gasteiger partial charge in [0, 0.05) is 24.2 Å². The Morgan fingerprint density at radius 3 is 2.74 bits per heavy atom. The summed E-state index contributed by atoms with van der Waals surface area (Å²) >= 11 is 0. The Labute approximate surface area is 198 Å². The first kappa shape index (κ1) is 23.4. The highest BCUT2D eigenvalue weighted by Crippen LogP contribution is 2.27. The van der Waals surface area contributed by atoms with Gasteiger partial charge in [-0.25, -0.2) is 13.8 Å². The molecule has 0 saturated heterocycles. The van der Waals surface area contributed by atoms with E-state index in [2.05, 4.69) is 32.4 Å². The number of aromatic nitrogens is 3. The highest BCUT2D eigenvalue weighted by Gasteiger charge is 2.13. The largest absolute Gasteiger partial charge is 0.396 e. The van der Waals surface area contributed by atoms with Crippen molar-refractivity contribution < 1.29 is 13.6 Å². The summed E-state index contributed by atoms with van der Waals surface area (Å²) in [6.45, 7) is -0.0810. The minimum Gasteiger partial charge on any atom is -0.396 e. The molecule has 4 aromatic rings. The van der Waals surface area contributed by atoms with Gasteiger partial charge in [0.25, 0.3) is 11.5 Å². The molecule has 1 amide bonds. The van der Waals surface area contributed by atoms with E-state index in [1.54, 1.807) is 19.3 Å². The number of nitrogens with two attached hydrogens (primary N) is 1. The van der Waals surface area contributed by atoms with E-state index >= 15 is 0 Å². The van der Waals surface area contributed by atoms with Crippen LogP contribution in [-0.2, 0) is 6.54 Å². The van der Waals surface area contributed by atoms with Gasteiger partial charge >= 0.3 is 0 Å². The molecule has 8 nitrogen and oxygen atoms in total. The van der Waals surface area contributed by atoms with Crippen LogP contribution in [0.3, 0.4) is 0 Å². The summed E-state index contributed by atoms with van der Waals surface area (Å²) in [5, 5.41) is 6.44. The number of hydrogen-bond donors (Lipinski definition) is 3. The van der Waals surface area contributed by atoms with Crippen LogP contribution >= 0.6 is 0 Å². The lowest BCUT2D eigenvalue weighted by Crippen LogP contribution is -2.33. The molecule has 2 aromatic carbocycles. The number of hydrogen-bond acceptors (Lipinski definition) is 6. The number of carbonyl (C=O) groups excluding carboxylic acids is 1. The molecule has 0 fully saturated rings. The second-order valence-corrected chi connectivity index (χ2v) is 7.54. The van der Waals surface area contributed by atoms with Gasteiger partial charge < -0.3 is 16.4 Å². The quantitative estimate of drug-likeness (QED) is 0.383. The molecule has 0 radical (unpaired) electrons. The van der Waals surface area contributed by atoms with Gasteiger partial charge in [0.2, 0.25) is 0 Å². The van der Waals surface area contributed by atoms with Crippen molar-refractivity contribution in [2.24, 2.45) is 0 Å². The third-order valence-electron chi connectivity index (χ3n) is 5.20. The Balaban J connectivity index is 1.46. The summed E-state index contributed by atoms with van der Waals surface area (Å²) in [7, 11) is 1.77. The van der Waals surface area contributed by atoms with E-state index in [4.69, 9.17) is 5.73 Å². The molecule has 35 heavy (non-hydrogen) atoms. The van der Waals surface area contributed by atoms with Crippen LogP contribution in [0, 0.1) is 23.5 Å². The Hall–Kier alpha value is -4.78. The number of rotatable bonds is 5. The molecular formula is C25H20F2N6O2. The Morgan fingerprint density at radius 2 is 1.97 bits per heavy atom. The highest BCUT2D eigenvalue weighted by atomic mass is 19.2. The number of pyridine rings is 1. The van der Waals surface area contributed by atoms with Crippen LogP contribution in [0.25, 0.3) is 10.9 Å². The van der Waals surface area contributed by atoms with Crippen molar-refractivity contribution in [3.8, 4) is 11.8 Å². The fraction of sp³-hybridized carbons (Fsp3) is 0.120. The average molecular weight is 474 g/mol. The van der Waals surface area contributed by atoms with Crippen molar-refractivity contribution in [3.05, 3.63) is 93.8 Å². The number of nitrogen functional groups attached to an aromatic ring is 1. The Morgan fingerprint density at radius 1 is 1.14 bits per heavy atom. The third-order valence-corrected chi connectivity index (χ3v) is 5.20. The van der Waals surface area contributed by atoms with Crippen LogP contribution < -0.4 is 21.9 Å². The molecule has 0 bridgehead atoms. The van der Waals surface area contributed by atoms with E-state index in [0.29, 0.717) is 16.8 Å². The smallest absolute Gasteiger partial charge is 0.266 e. The van der Waals surface area contributed by atoms with Gasteiger partial charge in [-0.3, -0.25) is 19.1 Å². The normalized spacial score (nSPS) is 10.5. The van der Waals surface area contributed by atoms with E-state index in [9.17, 15) is 18.4 Å². The summed E-state index contributed by atoms with van der Waals surface area (Å²) in [5.74, 6) is 3.14. The van der Waals surface area contributed by atoms with Crippen molar-refractivity contribution in [1.29, 1.82) is 0 Å². The molecule has 0 saturated carbocycles. The zero-order valence-corrected chi connectivity index (χ0v) is 18.6. The molecule has 10 heteroatoms. The number of carbonyl (C=O) groups is 1. The maximum atomic E-state index is 13.5. The maximum absolute atomic E-state index is 13.5. The number of nitrogens with one attached hydrogen (secondary N) is 2. The van der Waals surface area contributed by atoms with E-state index in [0.717, 1.165) is 39.5 Å². The van der Waals surface area contributed by atoms with Gasteiger partial charge in [-0.15, -0.1) is 0 Å². The first-order chi connectivity index (χ1) is 16.9. The lowest BCUT2D eigenvalue weighted by atomic mass is 10.1. The van der Waals surface area contributed by atoms with Gasteiger partial charge in [0.1, 0.15) is 5.56 Å². The van der Waals surface area contributed by atoms with E-state index < -0.39 is 23.1 Å². The molecule has 4 rings (SSSR count). The number of fused-ring (bicyclic) bond motifs is 1. The first-order valence-corrected chi connectivity index (χ1v) is 10.5. The molecule has 2 aromatic heterocycles. The topological polar surface area (TPSA) is 115 Å². The van der Waals surface area contributed by atoms with Crippen LogP contribution in [0.5, 0.6) is 0 Å². The molecule has 0 aliphatic carbocycles. The highest BCUT2D eigenvalue weighted by molar-refractivity contribution is 5.97. The summed E-state index contributed by atoms with van der Waals surface area (Å²) in [5.41, 5.74) is 8.24. The summed E-state index contributed by atoms with van der Waals surface area (Å²) in [4.78, 5) is 33.4. The van der Waals surface area contributed by atoms with E-state index in [-0.39, 0.29) is 18.7 Å². The third kappa shape index (κ3) is 5.09. The Bertz CT molecular complexity index is 1560. The predicted octanol–water partition coefficient (Wildman–Crippen LogP) is 2.52. The van der Waals surface area contributed by atoms with Gasteiger partial charge in [-0.2, -0.15) is 0 Å². The standard InChI is InChI=1S/C25H20F2N6O2/c1-29-23-17-9-15(5-7-22(17)32-12-21(23)28)3-2-8-31-24(34)18-11-30-14-33(25(18)35)13-16-4-6-19(26)20(27)10-16/h4-7,9-12,14H,8,13,28H2,1H3,(H,29,32)(H,31,34). The monoisotopic (exact) mass is 474 g/mol. The molecule has 2 heterocycles. The number of halogens is 2. The maximum Gasteiger partial charge on any atom is 0.266 e. The van der Waals surface area contributed by atoms with Crippen molar-refractivity contribution in [2.45, 2.75) is 6.54 Å². The van der Waals surface area contributed by atoms with Gasteiger partial charge in [0.05, 0.1) is 42.5 Å². The molecule has 4 N–H and O–H groups in total. The Kier molecular flexibility index (Phi) is 6.69. The van der Waals surface area contributed by atoms with Crippen LogP contribution in [-0.4, -0.2) is 34.0 Å². The minimum absolute atomic E-state index is 0.0115. The summed E-state index contributed by atoms with van der Waals surface area (Å²) < 4.78 is 27.7. The van der Waals surface area contributed by atoms with Crippen molar-refractivity contribution in [3.63, 3.8) is 0 Å². The van der Waals surface area contributed by atoms with Crippen LogP contribution in [0.15, 0.2) is 59.9 Å². The SMILES string of the molecule is CNc1c(N)cnc2ccc(C#CCNC(=O)c3cncn(Cc4ccc(F)c(F)c4)c3=O)cc12. The lowest BCUT2D eigenvalue weighted by molar-refractivity contribution is 0.0956. The zero-order chi connectivity index (χ0) is 24.9. The molecule has 176 valence electrons. The molecule has 0 aliphatic heterocycles. The minimum atomic E-state index is -1.02. The van der Waals surface area contributed by atoms with Gasteiger partial charge in [0.15, 0.2) is 11.6 Å². The fourth-order valence-electron chi connectivity index (χ4n) is 3.48. The predicted molar refractivity (Wildman–Crippen MR) is 129 cm³/mol.